The van der Waals surface area contributed by atoms with Crippen molar-refractivity contribution >= 4 is 0 Å². The molecule has 0 aromatic carbocycles. The van der Waals surface area contributed by atoms with Crippen LogP contribution in [0, 0.1) is 148 Å². The van der Waals surface area contributed by atoms with Gasteiger partial charge in [0, 0.05) is 0 Å². The molecule has 0 bridgehead atoms. The molecule has 4 aliphatic carbocycles. The summed E-state index contributed by atoms with van der Waals surface area (Å²) in [6.45, 7) is 99.1. The fourth-order valence-electron chi connectivity index (χ4n) is 17.8. The maximum atomic E-state index is 6.33. The molecule has 18 unspecified atom stereocenters. The molecular formula is C88H174O2. The van der Waals surface area contributed by atoms with Gasteiger partial charge in [-0.3, -0.25) is 0 Å². The highest BCUT2D eigenvalue weighted by molar-refractivity contribution is 5.06. The molecule has 0 spiro atoms. The average Bonchev–Trinajstić information content (AvgIpc) is 1.76. The van der Waals surface area contributed by atoms with Gasteiger partial charge in [-0.15, -0.1) is 0 Å². The molecule has 18 atom stereocenters. The Labute approximate surface area is 571 Å². The maximum absolute atomic E-state index is 6.33. The van der Waals surface area contributed by atoms with E-state index in [0.717, 1.165) is 65.1 Å². The molecule has 3 saturated carbocycles. The zero-order chi connectivity index (χ0) is 71.1. The van der Waals surface area contributed by atoms with Crippen molar-refractivity contribution in [3.05, 3.63) is 12.2 Å². The van der Waals surface area contributed by atoms with E-state index in [9.17, 15) is 0 Å². The Bertz CT molecular complexity index is 1960. The second-order valence-corrected chi connectivity index (χ2v) is 46.6. The predicted molar refractivity (Wildman–Crippen MR) is 407 cm³/mol. The van der Waals surface area contributed by atoms with E-state index >= 15 is 0 Å². The highest BCUT2D eigenvalue weighted by Crippen LogP contribution is 2.53. The second kappa shape index (κ2) is 33.0. The summed E-state index contributed by atoms with van der Waals surface area (Å²) in [5.74, 6) is 12.1. The summed E-state index contributed by atoms with van der Waals surface area (Å²) < 4.78 is 12.5. The molecule has 0 N–H and O–H groups in total. The smallest absolute Gasteiger partial charge is 0.0656 e. The minimum absolute atomic E-state index is 0.264. The average molecular weight is 1260 g/mol. The van der Waals surface area contributed by atoms with Gasteiger partial charge in [0.1, 0.15) is 0 Å². The van der Waals surface area contributed by atoms with Crippen LogP contribution < -0.4 is 0 Å². The molecule has 2 heteroatoms. The van der Waals surface area contributed by atoms with E-state index in [1.54, 1.807) is 0 Å². The number of ether oxygens (including phenoxy) is 2. The minimum Gasteiger partial charge on any atom is -0.374 e. The van der Waals surface area contributed by atoms with Gasteiger partial charge in [-0.05, 0) is 231 Å². The van der Waals surface area contributed by atoms with Gasteiger partial charge in [0.25, 0.3) is 0 Å². The first-order valence-corrected chi connectivity index (χ1v) is 38.6. The van der Waals surface area contributed by atoms with Crippen LogP contribution in [0.25, 0.3) is 0 Å². The number of rotatable bonds is 6. The van der Waals surface area contributed by atoms with Crippen molar-refractivity contribution in [3.63, 3.8) is 0 Å². The van der Waals surface area contributed by atoms with Crippen LogP contribution in [0.3, 0.4) is 0 Å². The molecule has 90 heavy (non-hydrogen) atoms. The van der Waals surface area contributed by atoms with Gasteiger partial charge >= 0.3 is 0 Å². The topological polar surface area (TPSA) is 18.5 Å². The van der Waals surface area contributed by atoms with E-state index in [2.05, 4.69) is 303 Å². The monoisotopic (exact) mass is 1260 g/mol. The van der Waals surface area contributed by atoms with Gasteiger partial charge in [0.15, 0.2) is 0 Å². The Morgan fingerprint density at radius 2 is 0.744 bits per heavy atom. The highest BCUT2D eigenvalue weighted by Gasteiger charge is 2.47. The van der Waals surface area contributed by atoms with Crippen molar-refractivity contribution < 1.29 is 9.47 Å². The van der Waals surface area contributed by atoms with Crippen LogP contribution in [0.15, 0.2) is 12.2 Å². The summed E-state index contributed by atoms with van der Waals surface area (Å²) in [5, 5.41) is 0. The van der Waals surface area contributed by atoms with E-state index in [1.807, 2.05) is 0 Å². The molecule has 2 nitrogen and oxygen atoms in total. The summed E-state index contributed by atoms with van der Waals surface area (Å²) in [6.07, 6.45) is 25.9. The van der Waals surface area contributed by atoms with Crippen LogP contribution in [0.1, 0.15) is 381 Å². The molecule has 0 radical (unpaired) electrons. The fraction of sp³-hybridized carbons (Fsp3) is 0.977. The second-order valence-electron chi connectivity index (χ2n) is 46.6. The van der Waals surface area contributed by atoms with Gasteiger partial charge in [0.2, 0.25) is 0 Å². The molecule has 0 aromatic heterocycles. The van der Waals surface area contributed by atoms with Gasteiger partial charge in [-0.1, -0.05) is 309 Å². The first-order chi connectivity index (χ1) is 39.6. The molecule has 5 fully saturated rings. The summed E-state index contributed by atoms with van der Waals surface area (Å²) in [6, 6.07) is 0. The van der Waals surface area contributed by atoms with E-state index in [1.165, 1.54) is 89.9 Å². The lowest BCUT2D eigenvalue weighted by Gasteiger charge is -2.31. The van der Waals surface area contributed by atoms with Gasteiger partial charge in [0.05, 0.1) is 24.4 Å². The van der Waals surface area contributed by atoms with Crippen molar-refractivity contribution in [2.45, 2.75) is 405 Å². The third-order valence-electron chi connectivity index (χ3n) is 22.8. The maximum Gasteiger partial charge on any atom is 0.0656 e. The SMILES string of the molecule is CC(C)(C)CC1C=CC(C(C)(C)C)C1.CC(C)(C)CC1CCC(C(C)(C)C)C1.CC1C(CC(C)(C)C)CC(C(C)(C)C)C1C.CC1C(CC(C)(C)C)OC(C(C)(C)C)C1C.CC1CC(C(C)(C)C)OC1CC(C)(C)C.CC1CC(CC(C)(C)C)CC1C(C)(C)C. The van der Waals surface area contributed by atoms with Crippen LogP contribution in [0.5, 0.6) is 0 Å². The molecule has 0 amide bonds. The molecule has 6 rings (SSSR count). The first kappa shape index (κ1) is 87.7. The minimum atomic E-state index is 0.264. The zero-order valence-electron chi connectivity index (χ0n) is 70.3. The van der Waals surface area contributed by atoms with E-state index < -0.39 is 0 Å². The predicted octanol–water partition coefficient (Wildman–Crippen LogP) is 28.8. The molecule has 6 aliphatic rings. The van der Waals surface area contributed by atoms with Crippen molar-refractivity contribution in [3.8, 4) is 0 Å². The van der Waals surface area contributed by atoms with Gasteiger partial charge < -0.3 is 9.47 Å². The first-order valence-electron chi connectivity index (χ1n) is 38.6. The highest BCUT2D eigenvalue weighted by atomic mass is 16.5. The fourth-order valence-corrected chi connectivity index (χ4v) is 17.8. The van der Waals surface area contributed by atoms with Crippen LogP contribution in [-0.2, 0) is 9.47 Å². The summed E-state index contributed by atoms with van der Waals surface area (Å²) in [7, 11) is 0. The Hall–Kier alpha value is -0.340. The molecule has 2 heterocycles. The number of hydrogen-bond donors (Lipinski definition) is 0. The Kier molecular flexibility index (Phi) is 32.2. The molecular weight excluding hydrogens is 1090 g/mol. The van der Waals surface area contributed by atoms with Crippen LogP contribution in [0.2, 0.25) is 0 Å². The lowest BCUT2D eigenvalue weighted by atomic mass is 9.74. The van der Waals surface area contributed by atoms with Crippen molar-refractivity contribution in [1.82, 2.24) is 0 Å². The lowest BCUT2D eigenvalue weighted by Crippen LogP contribution is -2.31. The zero-order valence-corrected chi connectivity index (χ0v) is 70.3. The van der Waals surface area contributed by atoms with Crippen LogP contribution >= 0.6 is 0 Å². The van der Waals surface area contributed by atoms with Gasteiger partial charge in [-0.2, -0.15) is 0 Å². The summed E-state index contributed by atoms with van der Waals surface area (Å²) in [5.41, 5.74) is 5.28. The third kappa shape index (κ3) is 33.8. The van der Waals surface area contributed by atoms with Crippen molar-refractivity contribution in [2.24, 2.45) is 148 Å². The summed E-state index contributed by atoms with van der Waals surface area (Å²) >= 11 is 0. The molecule has 2 aliphatic heterocycles. The normalized spacial score (nSPS) is 33.2. The van der Waals surface area contributed by atoms with Gasteiger partial charge in [-0.25, -0.2) is 0 Å². The summed E-state index contributed by atoms with van der Waals surface area (Å²) in [4.78, 5) is 0. The van der Waals surface area contributed by atoms with Crippen molar-refractivity contribution in [2.75, 3.05) is 0 Å². The van der Waals surface area contributed by atoms with Crippen LogP contribution in [-0.4, -0.2) is 24.4 Å². The van der Waals surface area contributed by atoms with E-state index in [4.69, 9.17) is 9.47 Å². The number of allylic oxidation sites excluding steroid dienone is 2. The van der Waals surface area contributed by atoms with Crippen molar-refractivity contribution in [1.29, 1.82) is 0 Å². The Morgan fingerprint density at radius 3 is 1.08 bits per heavy atom. The standard InChI is InChI=1S/C16H32.C15H30O.C15H30.C14H28O.C14H28.C14H26/c1-11-12(2)14(16(6,7)8)9-13(11)10-15(3,4)5;1-10-11(2)13(15(6,7)8)16-12(10)9-14(3,4)5;1-11-8-12(10-14(2,3)4)9-13(11)15(5,6)7;1-10-8-12(14(5,6)7)15-11(10)9-13(2,3)4;2*1-13(2,3)10-11-7-8-12(9-11)14(4,5)6/h11-14H,9-10H2,1-8H3;10-13H,9H2,1-8H3;11-13H,8-10H2,1-7H3;10-12H,8-9H2,1-7H3;11-12H,7-10H2,1-6H3;7-8,11-12H,9-10H2,1-6H3. The third-order valence-corrected chi connectivity index (χ3v) is 22.8. The quantitative estimate of drug-likeness (QED) is 0.247. The lowest BCUT2D eigenvalue weighted by molar-refractivity contribution is -0.0418. The van der Waals surface area contributed by atoms with E-state index in [-0.39, 0.29) is 5.41 Å². The Morgan fingerprint density at radius 1 is 0.300 bits per heavy atom. The molecule has 538 valence electrons. The van der Waals surface area contributed by atoms with E-state index in [0.29, 0.717) is 102 Å². The largest absolute Gasteiger partial charge is 0.374 e. The Balaban J connectivity index is 0.000000540. The molecule has 2 saturated heterocycles. The number of hydrogen-bond acceptors (Lipinski definition) is 2. The molecule has 0 aromatic rings. The van der Waals surface area contributed by atoms with Crippen LogP contribution in [0.4, 0.5) is 0 Å².